The zero-order valence-corrected chi connectivity index (χ0v) is 13.6. The Morgan fingerprint density at radius 3 is 2.70 bits per heavy atom. The molecule has 1 aliphatic heterocycles. The normalized spacial score (nSPS) is 33.6. The summed E-state index contributed by atoms with van der Waals surface area (Å²) in [6, 6.07) is 0.000555. The van der Waals surface area contributed by atoms with Gasteiger partial charge in [-0.2, -0.15) is 0 Å². The van der Waals surface area contributed by atoms with Crippen molar-refractivity contribution in [1.29, 1.82) is 0 Å². The van der Waals surface area contributed by atoms with Gasteiger partial charge in [-0.15, -0.1) is 0 Å². The fourth-order valence-electron chi connectivity index (χ4n) is 3.21. The van der Waals surface area contributed by atoms with Crippen LogP contribution in [0, 0.1) is 11.3 Å². The molecule has 0 aromatic carbocycles. The van der Waals surface area contributed by atoms with E-state index >= 15 is 0 Å². The number of rotatable bonds is 6. The van der Waals surface area contributed by atoms with Crippen LogP contribution < -0.4 is 10.0 Å². The molecular weight excluding hydrogens is 276 g/mol. The van der Waals surface area contributed by atoms with Gasteiger partial charge in [0.15, 0.2) is 0 Å². The summed E-state index contributed by atoms with van der Waals surface area (Å²) < 4.78 is 33.1. The summed E-state index contributed by atoms with van der Waals surface area (Å²) in [7, 11) is -3.20. The summed E-state index contributed by atoms with van der Waals surface area (Å²) >= 11 is 0. The monoisotopic (exact) mass is 304 g/mol. The van der Waals surface area contributed by atoms with Gasteiger partial charge >= 0.3 is 0 Å². The van der Waals surface area contributed by atoms with E-state index < -0.39 is 10.0 Å². The molecule has 2 rings (SSSR count). The molecular formula is C14H28N2O3S. The lowest BCUT2D eigenvalue weighted by atomic mass is 9.65. The Morgan fingerprint density at radius 2 is 2.15 bits per heavy atom. The van der Waals surface area contributed by atoms with E-state index in [1.54, 1.807) is 0 Å². The third kappa shape index (κ3) is 3.72. The predicted molar refractivity (Wildman–Crippen MR) is 80.1 cm³/mol. The highest BCUT2D eigenvalue weighted by molar-refractivity contribution is 7.89. The third-order valence-corrected chi connectivity index (χ3v) is 6.28. The molecule has 2 N–H and O–H groups in total. The largest absolute Gasteiger partial charge is 0.378 e. The van der Waals surface area contributed by atoms with Gasteiger partial charge in [0, 0.05) is 18.1 Å². The van der Waals surface area contributed by atoms with Gasteiger partial charge in [0.05, 0.1) is 11.9 Å². The van der Waals surface area contributed by atoms with Crippen molar-refractivity contribution in [2.75, 3.05) is 25.4 Å². The van der Waals surface area contributed by atoms with Gasteiger partial charge in [0.2, 0.25) is 10.0 Å². The second-order valence-corrected chi connectivity index (χ2v) is 8.46. The standard InChI is InChI=1S/C14H28N2O3S/c1-4-19-13-8-12(14(13,2)3)16-20(17,18)10-11-6-5-7-15-9-11/h11-13,15-16H,4-10H2,1-3H3. The Kier molecular flexibility index (Phi) is 5.10. The first-order valence-corrected chi connectivity index (χ1v) is 9.32. The molecule has 1 heterocycles. The van der Waals surface area contributed by atoms with Gasteiger partial charge in [0.1, 0.15) is 0 Å². The fourth-order valence-corrected chi connectivity index (χ4v) is 5.05. The summed E-state index contributed by atoms with van der Waals surface area (Å²) in [4.78, 5) is 0. The highest BCUT2D eigenvalue weighted by Gasteiger charge is 2.50. The minimum absolute atomic E-state index is 0.000555. The van der Waals surface area contributed by atoms with Crippen LogP contribution in [0.3, 0.4) is 0 Å². The molecule has 2 aliphatic rings. The van der Waals surface area contributed by atoms with Crippen LogP contribution in [0.1, 0.15) is 40.0 Å². The van der Waals surface area contributed by atoms with Crippen molar-refractivity contribution in [3.05, 3.63) is 0 Å². The second kappa shape index (κ2) is 6.30. The fraction of sp³-hybridized carbons (Fsp3) is 1.00. The van der Waals surface area contributed by atoms with Crippen molar-refractivity contribution >= 4 is 10.0 Å². The first kappa shape index (κ1) is 16.2. The van der Waals surface area contributed by atoms with Gasteiger partial charge in [-0.25, -0.2) is 13.1 Å². The van der Waals surface area contributed by atoms with Crippen molar-refractivity contribution in [3.8, 4) is 0 Å². The van der Waals surface area contributed by atoms with E-state index in [1.807, 2.05) is 6.92 Å². The van der Waals surface area contributed by atoms with Crippen LogP contribution in [0.25, 0.3) is 0 Å². The summed E-state index contributed by atoms with van der Waals surface area (Å²) in [5.41, 5.74) is -0.117. The molecule has 5 nitrogen and oxygen atoms in total. The molecule has 118 valence electrons. The highest BCUT2D eigenvalue weighted by atomic mass is 32.2. The average Bonchev–Trinajstić information content (AvgIpc) is 2.38. The Balaban J connectivity index is 1.86. The smallest absolute Gasteiger partial charge is 0.212 e. The highest BCUT2D eigenvalue weighted by Crippen LogP contribution is 2.43. The first-order valence-electron chi connectivity index (χ1n) is 7.67. The second-order valence-electron chi connectivity index (χ2n) is 6.67. The number of piperidine rings is 1. The van der Waals surface area contributed by atoms with Gasteiger partial charge in [-0.3, -0.25) is 0 Å². The van der Waals surface area contributed by atoms with E-state index in [9.17, 15) is 8.42 Å². The molecule has 1 saturated heterocycles. The molecule has 1 aliphatic carbocycles. The number of sulfonamides is 1. The topological polar surface area (TPSA) is 67.4 Å². The van der Waals surface area contributed by atoms with Crippen molar-refractivity contribution < 1.29 is 13.2 Å². The molecule has 2 fully saturated rings. The Bertz CT molecular complexity index is 416. The van der Waals surface area contributed by atoms with Crippen molar-refractivity contribution in [2.24, 2.45) is 11.3 Å². The van der Waals surface area contributed by atoms with Gasteiger partial charge in [-0.1, -0.05) is 13.8 Å². The summed E-state index contributed by atoms with van der Waals surface area (Å²) in [6.07, 6.45) is 3.02. The lowest BCUT2D eigenvalue weighted by Gasteiger charge is -2.51. The summed E-state index contributed by atoms with van der Waals surface area (Å²) in [6.45, 7) is 8.63. The molecule has 0 spiro atoms. The van der Waals surface area contributed by atoms with Crippen LogP contribution >= 0.6 is 0 Å². The number of hydrogen-bond acceptors (Lipinski definition) is 4. The lowest BCUT2D eigenvalue weighted by molar-refractivity contribution is -0.108. The molecule has 0 aromatic rings. The van der Waals surface area contributed by atoms with Gasteiger partial charge in [-0.05, 0) is 45.2 Å². The molecule has 6 heteroatoms. The van der Waals surface area contributed by atoms with Crippen LogP contribution in [-0.2, 0) is 14.8 Å². The van der Waals surface area contributed by atoms with E-state index in [2.05, 4.69) is 23.9 Å². The zero-order chi connectivity index (χ0) is 14.8. The lowest BCUT2D eigenvalue weighted by Crippen LogP contribution is -2.62. The number of nitrogens with one attached hydrogen (secondary N) is 2. The molecule has 0 aromatic heterocycles. The molecule has 0 radical (unpaired) electrons. The number of hydrogen-bond donors (Lipinski definition) is 2. The van der Waals surface area contributed by atoms with Gasteiger partial charge < -0.3 is 10.1 Å². The average molecular weight is 304 g/mol. The predicted octanol–water partition coefficient (Wildman–Crippen LogP) is 1.11. The third-order valence-electron chi connectivity index (χ3n) is 4.72. The van der Waals surface area contributed by atoms with Crippen molar-refractivity contribution in [2.45, 2.75) is 52.2 Å². The van der Waals surface area contributed by atoms with E-state index in [-0.39, 0.29) is 29.2 Å². The van der Waals surface area contributed by atoms with Crippen LogP contribution in [0.5, 0.6) is 0 Å². The first-order chi connectivity index (χ1) is 9.35. The SMILES string of the molecule is CCOC1CC(NS(=O)(=O)CC2CCCNC2)C1(C)C. The van der Waals surface area contributed by atoms with E-state index in [0.29, 0.717) is 6.61 Å². The van der Waals surface area contributed by atoms with Crippen LogP contribution in [0.4, 0.5) is 0 Å². The minimum atomic E-state index is -3.20. The van der Waals surface area contributed by atoms with Crippen LogP contribution in [-0.4, -0.2) is 46.0 Å². The molecule has 20 heavy (non-hydrogen) atoms. The summed E-state index contributed by atoms with van der Waals surface area (Å²) in [5, 5.41) is 3.27. The van der Waals surface area contributed by atoms with E-state index in [0.717, 1.165) is 32.4 Å². The maximum atomic E-state index is 12.3. The molecule has 0 bridgehead atoms. The Hall–Kier alpha value is -0.170. The van der Waals surface area contributed by atoms with Gasteiger partial charge in [0.25, 0.3) is 0 Å². The molecule has 1 saturated carbocycles. The minimum Gasteiger partial charge on any atom is -0.378 e. The molecule has 0 amide bonds. The van der Waals surface area contributed by atoms with Crippen LogP contribution in [0.2, 0.25) is 0 Å². The van der Waals surface area contributed by atoms with E-state index in [4.69, 9.17) is 4.74 Å². The summed E-state index contributed by atoms with van der Waals surface area (Å²) in [5.74, 6) is 0.485. The molecule has 3 atom stereocenters. The Labute approximate surface area is 122 Å². The van der Waals surface area contributed by atoms with Crippen LogP contribution in [0.15, 0.2) is 0 Å². The van der Waals surface area contributed by atoms with E-state index in [1.165, 1.54) is 0 Å². The zero-order valence-electron chi connectivity index (χ0n) is 12.8. The molecule has 3 unspecified atom stereocenters. The van der Waals surface area contributed by atoms with Crippen molar-refractivity contribution in [1.82, 2.24) is 10.0 Å². The Morgan fingerprint density at radius 1 is 1.40 bits per heavy atom. The number of ether oxygens (including phenoxy) is 1. The van der Waals surface area contributed by atoms with Crippen molar-refractivity contribution in [3.63, 3.8) is 0 Å². The maximum absolute atomic E-state index is 12.3. The maximum Gasteiger partial charge on any atom is 0.212 e. The quantitative estimate of drug-likeness (QED) is 0.771.